The lowest BCUT2D eigenvalue weighted by Gasteiger charge is -2.22. The minimum absolute atomic E-state index is 0.211. The maximum atomic E-state index is 13.2. The molecule has 0 fully saturated rings. The zero-order valence-electron chi connectivity index (χ0n) is 11.6. The monoisotopic (exact) mass is 331 g/mol. The Kier molecular flexibility index (Phi) is 4.85. The van der Waals surface area contributed by atoms with E-state index in [4.69, 9.17) is 0 Å². The molecule has 118 valence electrons. The summed E-state index contributed by atoms with van der Waals surface area (Å²) >= 11 is 1.09. The molecule has 1 unspecified atom stereocenters. The molecule has 0 aliphatic heterocycles. The van der Waals surface area contributed by atoms with Crippen molar-refractivity contribution in [3.8, 4) is 0 Å². The van der Waals surface area contributed by atoms with Gasteiger partial charge in [-0.05, 0) is 41.1 Å². The van der Waals surface area contributed by atoms with Crippen LogP contribution in [0.3, 0.4) is 0 Å². The summed E-state index contributed by atoms with van der Waals surface area (Å²) in [4.78, 5) is 12.4. The van der Waals surface area contributed by atoms with E-state index in [1.807, 2.05) is 12.2 Å². The Hall–Kier alpha value is -1.89. The molecule has 1 amide bonds. The molecule has 1 N–H and O–H groups in total. The van der Waals surface area contributed by atoms with Crippen molar-refractivity contribution in [2.45, 2.75) is 25.6 Å². The van der Waals surface area contributed by atoms with E-state index >= 15 is 0 Å². The van der Waals surface area contributed by atoms with E-state index in [2.05, 4.69) is 0 Å². The fourth-order valence-electron chi connectivity index (χ4n) is 2.02. The van der Waals surface area contributed by atoms with Crippen LogP contribution in [0.1, 0.15) is 33.8 Å². The van der Waals surface area contributed by atoms with Gasteiger partial charge in [-0.25, -0.2) is 4.39 Å². The molecule has 22 heavy (non-hydrogen) atoms. The number of carbonyl (C=O) groups is 1. The van der Waals surface area contributed by atoms with Crippen LogP contribution in [0.5, 0.6) is 0 Å². The van der Waals surface area contributed by atoms with E-state index in [-0.39, 0.29) is 10.4 Å². The molecule has 2 nitrogen and oxygen atoms in total. The fraction of sp³-hybridized carbons (Fsp3) is 0.267. The van der Waals surface area contributed by atoms with Gasteiger partial charge in [-0.1, -0.05) is 19.1 Å². The summed E-state index contributed by atoms with van der Waals surface area (Å²) < 4.78 is 52.4. The predicted octanol–water partition coefficient (Wildman–Crippen LogP) is 4.48. The maximum Gasteiger partial charge on any atom is 0.412 e. The summed E-state index contributed by atoms with van der Waals surface area (Å²) in [5.74, 6) is -1.42. The van der Waals surface area contributed by atoms with Crippen LogP contribution in [-0.2, 0) is 6.42 Å². The van der Waals surface area contributed by atoms with Crippen molar-refractivity contribution in [1.82, 2.24) is 5.32 Å². The topological polar surface area (TPSA) is 29.1 Å². The molecular weight excluding hydrogens is 318 g/mol. The summed E-state index contributed by atoms with van der Waals surface area (Å²) in [6, 6.07) is 3.44. The molecule has 0 radical (unpaired) electrons. The standard InChI is InChI=1S/C15H13F4NOS/c1-2-9-7-8-22-12(9)14(21)20-13(15(17,18)19)10-3-5-11(16)6-4-10/h3-8,13H,2H2,1H3,(H,20,21). The first-order valence-corrected chi connectivity index (χ1v) is 7.40. The van der Waals surface area contributed by atoms with Crippen molar-refractivity contribution in [3.05, 3.63) is 57.5 Å². The molecule has 0 spiro atoms. The normalized spacial score (nSPS) is 13.0. The lowest BCUT2D eigenvalue weighted by atomic mass is 10.1. The summed E-state index contributed by atoms with van der Waals surface area (Å²) in [5, 5.41) is 3.65. The highest BCUT2D eigenvalue weighted by Gasteiger charge is 2.42. The molecule has 1 aromatic carbocycles. The highest BCUT2D eigenvalue weighted by atomic mass is 32.1. The zero-order chi connectivity index (χ0) is 16.3. The third-order valence-electron chi connectivity index (χ3n) is 3.14. The molecule has 1 aromatic heterocycles. The SMILES string of the molecule is CCc1ccsc1C(=O)NC(c1ccc(F)cc1)C(F)(F)F. The Bertz CT molecular complexity index is 648. The van der Waals surface area contributed by atoms with Crippen molar-refractivity contribution < 1.29 is 22.4 Å². The van der Waals surface area contributed by atoms with Crippen LogP contribution < -0.4 is 5.32 Å². The fourth-order valence-corrected chi connectivity index (χ4v) is 2.92. The number of carbonyl (C=O) groups excluding carboxylic acids is 1. The molecule has 0 aliphatic carbocycles. The van der Waals surface area contributed by atoms with Gasteiger partial charge in [0.05, 0.1) is 4.88 Å². The van der Waals surface area contributed by atoms with E-state index < -0.39 is 23.9 Å². The van der Waals surface area contributed by atoms with Crippen molar-refractivity contribution in [2.24, 2.45) is 0 Å². The van der Waals surface area contributed by atoms with Gasteiger partial charge >= 0.3 is 6.18 Å². The van der Waals surface area contributed by atoms with Gasteiger partial charge in [-0.3, -0.25) is 4.79 Å². The third kappa shape index (κ3) is 3.65. The largest absolute Gasteiger partial charge is 0.412 e. The average molecular weight is 331 g/mol. The Labute approximate surface area is 128 Å². The zero-order valence-corrected chi connectivity index (χ0v) is 12.4. The van der Waals surface area contributed by atoms with Crippen LogP contribution in [0.4, 0.5) is 17.6 Å². The minimum Gasteiger partial charge on any atom is -0.336 e. The van der Waals surface area contributed by atoms with Crippen LogP contribution in [0.2, 0.25) is 0 Å². The van der Waals surface area contributed by atoms with Gasteiger partial charge in [0.15, 0.2) is 6.04 Å². The third-order valence-corrected chi connectivity index (χ3v) is 4.10. The second-order valence-electron chi connectivity index (χ2n) is 4.63. The second-order valence-corrected chi connectivity index (χ2v) is 5.54. The number of aryl methyl sites for hydroxylation is 1. The number of halogens is 4. The van der Waals surface area contributed by atoms with Gasteiger partial charge in [-0.15, -0.1) is 11.3 Å². The number of benzene rings is 1. The summed E-state index contributed by atoms with van der Waals surface area (Å²) in [5.41, 5.74) is 0.486. The van der Waals surface area contributed by atoms with E-state index in [1.165, 1.54) is 0 Å². The van der Waals surface area contributed by atoms with Crippen LogP contribution in [-0.4, -0.2) is 12.1 Å². The average Bonchev–Trinajstić information content (AvgIpc) is 2.93. The van der Waals surface area contributed by atoms with Crippen molar-refractivity contribution in [3.63, 3.8) is 0 Å². The van der Waals surface area contributed by atoms with E-state index in [9.17, 15) is 22.4 Å². The van der Waals surface area contributed by atoms with Gasteiger partial charge in [-0.2, -0.15) is 13.2 Å². The smallest absolute Gasteiger partial charge is 0.336 e. The summed E-state index contributed by atoms with van der Waals surface area (Å²) in [7, 11) is 0. The molecule has 0 bridgehead atoms. The van der Waals surface area contributed by atoms with Crippen LogP contribution in [0, 0.1) is 5.82 Å². The van der Waals surface area contributed by atoms with Crippen molar-refractivity contribution in [2.75, 3.05) is 0 Å². The van der Waals surface area contributed by atoms with Gasteiger partial charge in [0.2, 0.25) is 0 Å². The Morgan fingerprint density at radius 2 is 1.86 bits per heavy atom. The number of hydrogen-bond acceptors (Lipinski definition) is 2. The molecule has 0 saturated heterocycles. The molecule has 0 aliphatic rings. The number of rotatable bonds is 4. The highest BCUT2D eigenvalue weighted by Crippen LogP contribution is 2.33. The Morgan fingerprint density at radius 1 is 1.23 bits per heavy atom. The Balaban J connectivity index is 2.28. The predicted molar refractivity (Wildman–Crippen MR) is 76.4 cm³/mol. The summed E-state index contributed by atoms with van der Waals surface area (Å²) in [6.07, 6.45) is -4.11. The number of thiophene rings is 1. The van der Waals surface area contributed by atoms with Gasteiger partial charge in [0, 0.05) is 0 Å². The minimum atomic E-state index is -4.67. The first-order valence-electron chi connectivity index (χ1n) is 6.52. The van der Waals surface area contributed by atoms with Crippen LogP contribution in [0.25, 0.3) is 0 Å². The Morgan fingerprint density at radius 3 is 2.41 bits per heavy atom. The second kappa shape index (κ2) is 6.48. The number of nitrogens with one attached hydrogen (secondary N) is 1. The van der Waals surface area contributed by atoms with Crippen molar-refractivity contribution >= 4 is 17.2 Å². The lowest BCUT2D eigenvalue weighted by Crippen LogP contribution is -2.38. The molecular formula is C15H13F4NOS. The molecule has 2 aromatic rings. The number of alkyl halides is 3. The van der Waals surface area contributed by atoms with E-state index in [0.29, 0.717) is 12.0 Å². The number of hydrogen-bond donors (Lipinski definition) is 1. The van der Waals surface area contributed by atoms with Gasteiger partial charge < -0.3 is 5.32 Å². The van der Waals surface area contributed by atoms with Gasteiger partial charge in [0.25, 0.3) is 5.91 Å². The molecule has 1 atom stereocenters. The molecule has 2 rings (SSSR count). The number of amides is 1. The quantitative estimate of drug-likeness (QED) is 0.822. The van der Waals surface area contributed by atoms with E-state index in [0.717, 1.165) is 35.6 Å². The maximum absolute atomic E-state index is 13.2. The molecule has 7 heteroatoms. The molecule has 0 saturated carbocycles. The first-order chi connectivity index (χ1) is 10.3. The first kappa shape index (κ1) is 16.5. The molecule has 1 heterocycles. The summed E-state index contributed by atoms with van der Waals surface area (Å²) in [6.45, 7) is 1.82. The lowest BCUT2D eigenvalue weighted by molar-refractivity contribution is -0.155. The van der Waals surface area contributed by atoms with Gasteiger partial charge in [0.1, 0.15) is 5.82 Å². The van der Waals surface area contributed by atoms with Crippen LogP contribution in [0.15, 0.2) is 35.7 Å². The van der Waals surface area contributed by atoms with Crippen LogP contribution >= 0.6 is 11.3 Å². The van der Waals surface area contributed by atoms with Crippen molar-refractivity contribution in [1.29, 1.82) is 0 Å². The van der Waals surface area contributed by atoms with E-state index in [1.54, 1.807) is 11.4 Å². The highest BCUT2D eigenvalue weighted by molar-refractivity contribution is 7.12.